The van der Waals surface area contributed by atoms with Gasteiger partial charge in [-0.05, 0) is 54.1 Å². The van der Waals surface area contributed by atoms with E-state index in [0.29, 0.717) is 67.1 Å². The van der Waals surface area contributed by atoms with Crippen molar-refractivity contribution in [2.75, 3.05) is 41.2 Å². The topological polar surface area (TPSA) is 245 Å². The van der Waals surface area contributed by atoms with Crippen LogP contribution in [0, 0.1) is 5.92 Å². The smallest absolute Gasteiger partial charge is 0.315 e. The molecular weight excluding hydrogens is 867 g/mol. The van der Waals surface area contributed by atoms with E-state index in [1.165, 1.54) is 29.3 Å². The van der Waals surface area contributed by atoms with Crippen molar-refractivity contribution in [1.29, 1.82) is 0 Å². The Morgan fingerprint density at radius 3 is 2.07 bits per heavy atom. The molecule has 3 aromatic carbocycles. The number of nitrogens with zero attached hydrogens (tertiary/aromatic N) is 3. The van der Waals surface area contributed by atoms with Crippen molar-refractivity contribution >= 4 is 89.7 Å². The second-order valence-corrected chi connectivity index (χ2v) is 17.8. The number of amides is 4. The van der Waals surface area contributed by atoms with Crippen LogP contribution in [0.5, 0.6) is 23.0 Å². The molecule has 320 valence electrons. The fourth-order valence-corrected chi connectivity index (χ4v) is 7.68. The summed E-state index contributed by atoms with van der Waals surface area (Å²) < 4.78 is 42.9. The Labute approximate surface area is 363 Å². The Hall–Kier alpha value is -6.33. The zero-order valence-corrected chi connectivity index (χ0v) is 36.4. The molecule has 6 N–H and O–H groups in total. The van der Waals surface area contributed by atoms with Crippen LogP contribution < -0.4 is 40.2 Å². The number of benzene rings is 3. The van der Waals surface area contributed by atoms with Crippen molar-refractivity contribution in [3.05, 3.63) is 102 Å². The zero-order valence-electron chi connectivity index (χ0n) is 33.1. The molecule has 0 radical (unpaired) electrons. The van der Waals surface area contributed by atoms with E-state index < -0.39 is 40.1 Å². The Bertz CT molecular complexity index is 2510. The molecule has 0 atom stereocenters. The molecule has 0 fully saturated rings. The molecule has 0 aliphatic rings. The molecule has 0 spiro atoms. The summed E-state index contributed by atoms with van der Waals surface area (Å²) in [6, 6.07) is 20.9. The van der Waals surface area contributed by atoms with Crippen LogP contribution in [0.3, 0.4) is 0 Å². The van der Waals surface area contributed by atoms with Gasteiger partial charge in [0, 0.05) is 24.0 Å². The van der Waals surface area contributed by atoms with Crippen LogP contribution >= 0.6 is 34.4 Å². The number of carbonyl (C=O) groups excluding carboxylic acids is 4. The number of hydrogen-bond donors (Lipinski definition) is 6. The highest BCUT2D eigenvalue weighted by Crippen LogP contribution is 2.37. The SMILES string of the molecule is CC(C)COc1ccccc1NC(=O)CC(=O)Nc1nc(CNS(C)(=O)=O)c(Sc2ncc[nH]2)s1.COc1ccccc1Oc1ccccc1NC(=O)C(=O)Nc1nccs1. The molecule has 22 heteroatoms. The first kappa shape index (κ1) is 45.7. The average Bonchev–Trinajstić information content (AvgIpc) is 4.01. The highest BCUT2D eigenvalue weighted by atomic mass is 32.2. The van der Waals surface area contributed by atoms with E-state index in [4.69, 9.17) is 14.2 Å². The van der Waals surface area contributed by atoms with Crippen molar-refractivity contribution in [2.45, 2.75) is 36.2 Å². The highest BCUT2D eigenvalue weighted by molar-refractivity contribution is 8.01. The Balaban J connectivity index is 0.000000241. The second kappa shape index (κ2) is 22.3. The maximum atomic E-state index is 12.5. The minimum Gasteiger partial charge on any atom is -0.493 e. The first-order valence-electron chi connectivity index (χ1n) is 18.1. The zero-order chi connectivity index (χ0) is 43.8. The number of hydrogen-bond acceptors (Lipinski definition) is 15. The second-order valence-electron chi connectivity index (χ2n) is 12.8. The molecule has 6 aromatic rings. The number of anilines is 4. The number of para-hydroxylation sites is 6. The van der Waals surface area contributed by atoms with Gasteiger partial charge in [0.05, 0.1) is 47.8 Å². The Morgan fingerprint density at radius 1 is 0.787 bits per heavy atom. The van der Waals surface area contributed by atoms with Gasteiger partial charge in [0.25, 0.3) is 0 Å². The molecule has 3 aromatic heterocycles. The summed E-state index contributed by atoms with van der Waals surface area (Å²) in [5.74, 6) is -0.443. The molecular formula is C39H41N9O9S4. The van der Waals surface area contributed by atoms with E-state index in [1.54, 1.807) is 91.6 Å². The Kier molecular flexibility index (Phi) is 16.7. The predicted octanol–water partition coefficient (Wildman–Crippen LogP) is 6.59. The van der Waals surface area contributed by atoms with Crippen LogP contribution in [-0.4, -0.2) is 72.0 Å². The van der Waals surface area contributed by atoms with Crippen LogP contribution in [0.2, 0.25) is 0 Å². The van der Waals surface area contributed by atoms with Crippen molar-refractivity contribution in [2.24, 2.45) is 5.92 Å². The normalized spacial score (nSPS) is 10.8. The van der Waals surface area contributed by atoms with Crippen LogP contribution in [-0.2, 0) is 35.7 Å². The lowest BCUT2D eigenvalue weighted by atomic mass is 10.2. The minimum absolute atomic E-state index is 0.0537. The van der Waals surface area contributed by atoms with Gasteiger partial charge < -0.3 is 35.1 Å². The maximum Gasteiger partial charge on any atom is 0.315 e. The van der Waals surface area contributed by atoms with Crippen LogP contribution in [0.1, 0.15) is 26.0 Å². The fraction of sp³-hybridized carbons (Fsp3) is 0.205. The lowest BCUT2D eigenvalue weighted by Crippen LogP contribution is -2.29. The number of ether oxygens (including phenoxy) is 3. The maximum absolute atomic E-state index is 12.5. The number of thiazole rings is 2. The van der Waals surface area contributed by atoms with Gasteiger partial charge in [-0.1, -0.05) is 61.6 Å². The van der Waals surface area contributed by atoms with Gasteiger partial charge in [0.1, 0.15) is 12.2 Å². The number of methoxy groups -OCH3 is 1. The first-order chi connectivity index (χ1) is 29.3. The van der Waals surface area contributed by atoms with Crippen molar-refractivity contribution in [3.63, 3.8) is 0 Å². The quantitative estimate of drug-likeness (QED) is 0.0418. The number of aromatic amines is 1. The van der Waals surface area contributed by atoms with Gasteiger partial charge in [-0.15, -0.1) is 11.3 Å². The molecule has 4 amide bonds. The predicted molar refractivity (Wildman–Crippen MR) is 234 cm³/mol. The van der Waals surface area contributed by atoms with E-state index in [2.05, 4.69) is 45.9 Å². The number of H-pyrrole nitrogens is 1. The summed E-state index contributed by atoms with van der Waals surface area (Å²) >= 11 is 3.63. The summed E-state index contributed by atoms with van der Waals surface area (Å²) in [4.78, 5) is 64.4. The number of carbonyl (C=O) groups is 4. The van der Waals surface area contributed by atoms with Crippen molar-refractivity contribution in [3.8, 4) is 23.0 Å². The number of imidazole rings is 1. The fourth-order valence-electron chi connectivity index (χ4n) is 4.73. The third kappa shape index (κ3) is 15.0. The van der Waals surface area contributed by atoms with Crippen molar-refractivity contribution in [1.82, 2.24) is 24.7 Å². The lowest BCUT2D eigenvalue weighted by molar-refractivity contribution is -0.133. The number of sulfonamides is 1. The van der Waals surface area contributed by atoms with E-state index in [9.17, 15) is 27.6 Å². The molecule has 0 saturated heterocycles. The van der Waals surface area contributed by atoms with E-state index in [-0.39, 0.29) is 11.7 Å². The number of aromatic nitrogens is 4. The third-order valence-electron chi connectivity index (χ3n) is 7.41. The number of nitrogens with one attached hydrogen (secondary N) is 6. The highest BCUT2D eigenvalue weighted by Gasteiger charge is 2.20. The molecule has 0 aliphatic heterocycles. The summed E-state index contributed by atoms with van der Waals surface area (Å²) in [7, 11) is -1.90. The van der Waals surface area contributed by atoms with Gasteiger partial charge in [0.15, 0.2) is 32.7 Å². The molecule has 0 unspecified atom stereocenters. The minimum atomic E-state index is -3.44. The van der Waals surface area contributed by atoms with E-state index >= 15 is 0 Å². The summed E-state index contributed by atoms with van der Waals surface area (Å²) in [5, 5.41) is 13.1. The summed E-state index contributed by atoms with van der Waals surface area (Å²) in [6.07, 6.45) is 5.40. The molecule has 0 aliphatic carbocycles. The monoisotopic (exact) mass is 907 g/mol. The van der Waals surface area contributed by atoms with Gasteiger partial charge in [0.2, 0.25) is 21.8 Å². The molecule has 18 nitrogen and oxygen atoms in total. The number of rotatable bonds is 17. The summed E-state index contributed by atoms with van der Waals surface area (Å²) in [6.45, 7) is 4.48. The standard InChI is InChI=1S/C21H26N6O5S3.C18H15N3O4S/c1-13(2)12-32-16-7-5-4-6-14(16)25-17(28)10-18(29)27-21-26-15(11-24-35(3,30)31)19(34-21)33-20-22-8-9-23-20;1-24-14-8-4-5-9-15(14)25-13-7-3-2-6-12(13)20-16(22)17(23)21-18-19-10-11-26-18/h4-9,13,24H,10-12H2,1-3H3,(H,22,23)(H,25,28)(H,26,27,29);2-11H,1H3,(H,20,22)(H,19,21,23). The first-order valence-corrected chi connectivity index (χ1v) is 22.5. The molecule has 6 rings (SSSR count). The average molecular weight is 908 g/mol. The van der Waals surface area contributed by atoms with Crippen LogP contribution in [0.15, 0.2) is 106 Å². The van der Waals surface area contributed by atoms with Crippen LogP contribution in [0.4, 0.5) is 21.6 Å². The third-order valence-corrected chi connectivity index (χ3v) is 10.9. The lowest BCUT2D eigenvalue weighted by Gasteiger charge is -2.13. The van der Waals surface area contributed by atoms with Gasteiger partial charge in [-0.25, -0.2) is 28.1 Å². The molecule has 3 heterocycles. The largest absolute Gasteiger partial charge is 0.493 e. The van der Waals surface area contributed by atoms with E-state index in [0.717, 1.165) is 17.6 Å². The molecule has 61 heavy (non-hydrogen) atoms. The van der Waals surface area contributed by atoms with Crippen molar-refractivity contribution < 1.29 is 41.8 Å². The summed E-state index contributed by atoms with van der Waals surface area (Å²) in [5.41, 5.74) is 1.27. The van der Waals surface area contributed by atoms with E-state index in [1.807, 2.05) is 19.9 Å². The van der Waals surface area contributed by atoms with Crippen LogP contribution in [0.25, 0.3) is 0 Å². The molecule has 0 bridgehead atoms. The molecule has 0 saturated carbocycles. The Morgan fingerprint density at radius 2 is 1.43 bits per heavy atom. The van der Waals surface area contributed by atoms with Gasteiger partial charge in [-0.2, -0.15) is 0 Å². The van der Waals surface area contributed by atoms with Gasteiger partial charge >= 0.3 is 11.8 Å². The van der Waals surface area contributed by atoms with Gasteiger partial charge in [-0.3, -0.25) is 24.5 Å².